The first-order valence-electron chi connectivity index (χ1n) is 7.21. The number of nitrogens with one attached hydrogen (secondary N) is 1. The second-order valence-corrected chi connectivity index (χ2v) is 5.07. The Balaban J connectivity index is 1.85. The zero-order chi connectivity index (χ0) is 15.4. The normalized spacial score (nSPS) is 11.5. The van der Waals surface area contributed by atoms with Gasteiger partial charge >= 0.3 is 0 Å². The Hall–Kier alpha value is -2.88. The average molecular weight is 290 g/mol. The summed E-state index contributed by atoms with van der Waals surface area (Å²) >= 11 is 0. The summed E-state index contributed by atoms with van der Waals surface area (Å²) in [4.78, 5) is 0. The Morgan fingerprint density at radius 1 is 1.00 bits per heavy atom. The summed E-state index contributed by atoms with van der Waals surface area (Å²) in [5.74, 6) is 0. The zero-order valence-electron chi connectivity index (χ0n) is 12.7. The molecular weight excluding hydrogens is 272 g/mol. The topological polar surface area (TPSA) is 42.2 Å². The van der Waals surface area contributed by atoms with Crippen molar-refractivity contribution in [3.8, 4) is 5.69 Å². The van der Waals surface area contributed by atoms with Crippen molar-refractivity contribution < 1.29 is 0 Å². The molecule has 0 radical (unpaired) electrons. The van der Waals surface area contributed by atoms with Crippen molar-refractivity contribution in [2.75, 3.05) is 5.43 Å². The van der Waals surface area contributed by atoms with Gasteiger partial charge in [0.2, 0.25) is 0 Å². The number of hydrogen-bond donors (Lipinski definition) is 1. The average Bonchev–Trinajstić information content (AvgIpc) is 2.96. The molecule has 0 aliphatic heterocycles. The van der Waals surface area contributed by atoms with E-state index in [4.69, 9.17) is 0 Å². The Kier molecular flexibility index (Phi) is 4.01. The van der Waals surface area contributed by atoms with Crippen molar-refractivity contribution in [1.82, 2.24) is 9.78 Å². The number of benzene rings is 2. The number of hydrogen-bond acceptors (Lipinski definition) is 3. The van der Waals surface area contributed by atoms with Crippen LogP contribution in [0.1, 0.15) is 18.2 Å². The quantitative estimate of drug-likeness (QED) is 0.582. The third-order valence-electron chi connectivity index (χ3n) is 3.53. The van der Waals surface area contributed by atoms with E-state index in [-0.39, 0.29) is 0 Å². The molecule has 1 N–H and O–H groups in total. The van der Waals surface area contributed by atoms with E-state index in [0.717, 1.165) is 28.3 Å². The fourth-order valence-corrected chi connectivity index (χ4v) is 2.32. The van der Waals surface area contributed by atoms with Gasteiger partial charge in [-0.1, -0.05) is 36.4 Å². The number of anilines is 1. The lowest BCUT2D eigenvalue weighted by molar-refractivity contribution is 0.847. The van der Waals surface area contributed by atoms with Crippen LogP contribution in [0.5, 0.6) is 0 Å². The van der Waals surface area contributed by atoms with Crippen molar-refractivity contribution in [2.45, 2.75) is 13.8 Å². The predicted molar refractivity (Wildman–Crippen MR) is 90.6 cm³/mol. The molecule has 0 bridgehead atoms. The molecule has 0 amide bonds. The van der Waals surface area contributed by atoms with Crippen LogP contribution in [0.25, 0.3) is 5.69 Å². The van der Waals surface area contributed by atoms with Gasteiger partial charge in [0.1, 0.15) is 0 Å². The first-order chi connectivity index (χ1) is 10.8. The lowest BCUT2D eigenvalue weighted by Crippen LogP contribution is -2.03. The van der Waals surface area contributed by atoms with Gasteiger partial charge in [0, 0.05) is 5.56 Å². The SMILES string of the molecule is C/C(=N\Nc1ccccc1)c1cnn(-c2ccccc2)c1C. The molecular formula is C18H18N4. The summed E-state index contributed by atoms with van der Waals surface area (Å²) in [7, 11) is 0. The molecule has 0 fully saturated rings. The number of nitrogens with zero attached hydrogens (tertiary/aromatic N) is 3. The highest BCUT2D eigenvalue weighted by molar-refractivity contribution is 5.99. The van der Waals surface area contributed by atoms with Gasteiger partial charge in [-0.15, -0.1) is 0 Å². The van der Waals surface area contributed by atoms with E-state index >= 15 is 0 Å². The maximum atomic E-state index is 4.47. The third kappa shape index (κ3) is 2.91. The molecule has 110 valence electrons. The highest BCUT2D eigenvalue weighted by atomic mass is 15.3. The van der Waals surface area contributed by atoms with Crippen LogP contribution in [-0.4, -0.2) is 15.5 Å². The first-order valence-corrected chi connectivity index (χ1v) is 7.21. The van der Waals surface area contributed by atoms with E-state index in [0.29, 0.717) is 0 Å². The van der Waals surface area contributed by atoms with Crippen LogP contribution in [-0.2, 0) is 0 Å². The molecule has 0 saturated heterocycles. The standard InChI is InChI=1S/C18H18N4/c1-14(20-21-16-9-5-3-6-10-16)18-13-19-22(15(18)2)17-11-7-4-8-12-17/h3-13,21H,1-2H3/b20-14+. The van der Waals surface area contributed by atoms with E-state index in [2.05, 4.69) is 22.5 Å². The second kappa shape index (κ2) is 6.26. The Labute approximate surface area is 130 Å². The number of para-hydroxylation sites is 2. The van der Waals surface area contributed by atoms with E-state index in [1.54, 1.807) is 0 Å². The molecule has 3 aromatic rings. The molecule has 0 aliphatic rings. The molecule has 0 spiro atoms. The number of aromatic nitrogens is 2. The van der Waals surface area contributed by atoms with E-state index in [9.17, 15) is 0 Å². The van der Waals surface area contributed by atoms with Crippen LogP contribution in [0.3, 0.4) is 0 Å². The van der Waals surface area contributed by atoms with Crippen LogP contribution in [0.4, 0.5) is 5.69 Å². The van der Waals surface area contributed by atoms with Crippen LogP contribution in [0.15, 0.2) is 72.0 Å². The van der Waals surface area contributed by atoms with E-state index < -0.39 is 0 Å². The van der Waals surface area contributed by atoms with Gasteiger partial charge in [0.05, 0.1) is 29.0 Å². The number of hydrazone groups is 1. The van der Waals surface area contributed by atoms with Gasteiger partial charge in [-0.3, -0.25) is 5.43 Å². The Morgan fingerprint density at radius 3 is 2.32 bits per heavy atom. The zero-order valence-corrected chi connectivity index (χ0v) is 12.7. The Morgan fingerprint density at radius 2 is 1.64 bits per heavy atom. The second-order valence-electron chi connectivity index (χ2n) is 5.07. The van der Waals surface area contributed by atoms with Gasteiger partial charge in [0.25, 0.3) is 0 Å². The van der Waals surface area contributed by atoms with Gasteiger partial charge < -0.3 is 0 Å². The van der Waals surface area contributed by atoms with Crippen LogP contribution < -0.4 is 5.43 Å². The van der Waals surface area contributed by atoms with Crippen molar-refractivity contribution in [3.63, 3.8) is 0 Å². The van der Waals surface area contributed by atoms with Crippen molar-refractivity contribution in [1.29, 1.82) is 0 Å². The summed E-state index contributed by atoms with van der Waals surface area (Å²) in [5, 5.41) is 8.92. The van der Waals surface area contributed by atoms with Crippen molar-refractivity contribution in [2.24, 2.45) is 5.10 Å². The van der Waals surface area contributed by atoms with Crippen LogP contribution in [0.2, 0.25) is 0 Å². The lowest BCUT2D eigenvalue weighted by Gasteiger charge is -2.06. The summed E-state index contributed by atoms with van der Waals surface area (Å²) < 4.78 is 1.93. The predicted octanol–water partition coefficient (Wildman–Crippen LogP) is 4.02. The maximum Gasteiger partial charge on any atom is 0.0682 e. The minimum atomic E-state index is 0.906. The van der Waals surface area contributed by atoms with Gasteiger partial charge in [0.15, 0.2) is 0 Å². The molecule has 1 heterocycles. The minimum absolute atomic E-state index is 0.906. The molecule has 22 heavy (non-hydrogen) atoms. The monoisotopic (exact) mass is 290 g/mol. The first kappa shape index (κ1) is 14.1. The summed E-state index contributed by atoms with van der Waals surface area (Å²) in [5.41, 5.74) is 8.10. The largest absolute Gasteiger partial charge is 0.278 e. The highest BCUT2D eigenvalue weighted by Gasteiger charge is 2.10. The molecule has 4 nitrogen and oxygen atoms in total. The maximum absolute atomic E-state index is 4.47. The van der Waals surface area contributed by atoms with Gasteiger partial charge in [-0.25, -0.2) is 4.68 Å². The Bertz CT molecular complexity index is 773. The summed E-state index contributed by atoms with van der Waals surface area (Å²) in [6.45, 7) is 4.03. The molecule has 4 heteroatoms. The molecule has 3 rings (SSSR count). The third-order valence-corrected chi connectivity index (χ3v) is 3.53. The molecule has 0 unspecified atom stereocenters. The van der Waals surface area contributed by atoms with Crippen LogP contribution >= 0.6 is 0 Å². The molecule has 1 aromatic heterocycles. The summed E-state index contributed by atoms with van der Waals surface area (Å²) in [6.07, 6.45) is 1.86. The van der Waals surface area contributed by atoms with Crippen molar-refractivity contribution >= 4 is 11.4 Å². The smallest absolute Gasteiger partial charge is 0.0682 e. The summed E-state index contributed by atoms with van der Waals surface area (Å²) in [6, 6.07) is 20.0. The van der Waals surface area contributed by atoms with Gasteiger partial charge in [-0.05, 0) is 38.1 Å². The molecule has 2 aromatic carbocycles. The highest BCUT2D eigenvalue weighted by Crippen LogP contribution is 2.15. The van der Waals surface area contributed by atoms with Crippen LogP contribution in [0, 0.1) is 6.92 Å². The van der Waals surface area contributed by atoms with E-state index in [1.807, 2.05) is 78.5 Å². The minimum Gasteiger partial charge on any atom is -0.278 e. The van der Waals surface area contributed by atoms with Gasteiger partial charge in [-0.2, -0.15) is 10.2 Å². The molecule has 0 atom stereocenters. The number of rotatable bonds is 4. The fourth-order valence-electron chi connectivity index (χ4n) is 2.32. The van der Waals surface area contributed by atoms with Crippen molar-refractivity contribution in [3.05, 3.63) is 78.1 Å². The molecule has 0 saturated carbocycles. The van der Waals surface area contributed by atoms with E-state index in [1.165, 1.54) is 0 Å². The lowest BCUT2D eigenvalue weighted by atomic mass is 10.2. The molecule has 0 aliphatic carbocycles. The fraction of sp³-hybridized carbons (Fsp3) is 0.111.